The van der Waals surface area contributed by atoms with Crippen LogP contribution in [-0.4, -0.2) is 99.0 Å². The highest BCUT2D eigenvalue weighted by Gasteiger charge is 2.49. The van der Waals surface area contributed by atoms with Crippen LogP contribution in [0.1, 0.15) is 18.9 Å². The van der Waals surface area contributed by atoms with Gasteiger partial charge in [0, 0.05) is 30.2 Å². The zero-order valence-electron chi connectivity index (χ0n) is 21.2. The molecule has 1 aromatic carbocycles. The third kappa shape index (κ3) is 5.33. The minimum absolute atomic E-state index is 0.0813. The summed E-state index contributed by atoms with van der Waals surface area (Å²) in [4.78, 5) is 17.7. The molecule has 206 valence electrons. The number of rotatable bonds is 6. The van der Waals surface area contributed by atoms with Crippen LogP contribution < -0.4 is 10.6 Å². The van der Waals surface area contributed by atoms with Gasteiger partial charge in [-0.15, -0.1) is 23.4 Å². The van der Waals surface area contributed by atoms with Gasteiger partial charge in [-0.2, -0.15) is 0 Å². The maximum Gasteiger partial charge on any atom is 0.240 e. The lowest BCUT2D eigenvalue weighted by molar-refractivity contribution is -0.205. The number of thioether (sulfide) groups is 1. The van der Waals surface area contributed by atoms with Gasteiger partial charge in [0.2, 0.25) is 5.91 Å². The van der Waals surface area contributed by atoms with Crippen LogP contribution in [0, 0.1) is 5.92 Å². The Morgan fingerprint density at radius 2 is 2.05 bits per heavy atom. The Morgan fingerprint density at radius 3 is 2.82 bits per heavy atom. The fourth-order valence-corrected chi connectivity index (χ4v) is 6.66. The van der Waals surface area contributed by atoms with Gasteiger partial charge < -0.3 is 35.4 Å². The van der Waals surface area contributed by atoms with Gasteiger partial charge in [0.1, 0.15) is 35.9 Å². The molecule has 10 atom stereocenters. The molecule has 1 aromatic heterocycles. The van der Waals surface area contributed by atoms with Gasteiger partial charge in [0.15, 0.2) is 0 Å². The fourth-order valence-electron chi connectivity index (χ4n) is 5.77. The van der Waals surface area contributed by atoms with Crippen LogP contribution in [0.5, 0.6) is 0 Å². The van der Waals surface area contributed by atoms with Crippen molar-refractivity contribution < 1.29 is 29.6 Å². The number of halogens is 1. The maximum absolute atomic E-state index is 13.5. The second-order valence-electron chi connectivity index (χ2n) is 10.2. The van der Waals surface area contributed by atoms with E-state index in [0.29, 0.717) is 13.2 Å². The minimum atomic E-state index is -1.42. The zero-order chi connectivity index (χ0) is 27.0. The first kappa shape index (κ1) is 27.8. The van der Waals surface area contributed by atoms with Crippen LogP contribution in [0.2, 0.25) is 0 Å². The van der Waals surface area contributed by atoms with E-state index in [4.69, 9.17) is 21.1 Å². The largest absolute Gasteiger partial charge is 0.388 e. The number of benzene rings is 1. The fraction of sp³-hybridized carbons (Fsp3) is 0.556. The molecule has 1 amide bonds. The average molecular weight is 564 g/mol. The lowest BCUT2D eigenvalue weighted by Crippen LogP contribution is -2.65. The molecular weight excluding hydrogens is 530 g/mol. The summed E-state index contributed by atoms with van der Waals surface area (Å²) >= 11 is 7.66. The number of aromatic nitrogens is 1. The molecule has 5 unspecified atom stereocenters. The second kappa shape index (κ2) is 11.8. The van der Waals surface area contributed by atoms with E-state index in [9.17, 15) is 20.1 Å². The van der Waals surface area contributed by atoms with Crippen molar-refractivity contribution in [1.29, 1.82) is 0 Å². The predicted molar refractivity (Wildman–Crippen MR) is 147 cm³/mol. The van der Waals surface area contributed by atoms with Gasteiger partial charge in [-0.25, -0.2) is 0 Å². The first-order valence-electron chi connectivity index (χ1n) is 12.8. The normalized spacial score (nSPS) is 35.2. The number of carbonyl (C=O) groups is 1. The van der Waals surface area contributed by atoms with Gasteiger partial charge >= 0.3 is 0 Å². The molecule has 5 N–H and O–H groups in total. The van der Waals surface area contributed by atoms with E-state index in [-0.39, 0.29) is 17.9 Å². The van der Waals surface area contributed by atoms with Crippen LogP contribution in [0.4, 0.5) is 0 Å². The molecule has 0 bridgehead atoms. The molecule has 0 saturated carbocycles. The summed E-state index contributed by atoms with van der Waals surface area (Å²) in [5, 5.41) is 39.1. The molecule has 5 rings (SSSR count). The van der Waals surface area contributed by atoms with E-state index >= 15 is 0 Å². The molecule has 3 aliphatic heterocycles. The Balaban J connectivity index is 1.30. The summed E-state index contributed by atoms with van der Waals surface area (Å²) in [5.74, 6) is -0.232. The quantitative estimate of drug-likeness (QED) is 0.330. The molecule has 0 radical (unpaired) electrons. The highest BCUT2D eigenvalue weighted by molar-refractivity contribution is 7.99. The number of nitrogens with zero attached hydrogens (tertiary/aromatic N) is 1. The van der Waals surface area contributed by atoms with Crippen molar-refractivity contribution in [3.8, 4) is 0 Å². The Kier molecular flexibility index (Phi) is 8.61. The highest BCUT2D eigenvalue weighted by Crippen LogP contribution is 2.36. The summed E-state index contributed by atoms with van der Waals surface area (Å²) in [5.41, 5.74) is 1.56. The number of ether oxygens (including phenoxy) is 2. The Morgan fingerprint density at radius 1 is 1.24 bits per heavy atom. The predicted octanol–water partition coefficient (Wildman–Crippen LogP) is 1.28. The van der Waals surface area contributed by atoms with Crippen molar-refractivity contribution >= 4 is 45.6 Å². The number of alkyl halides is 1. The van der Waals surface area contributed by atoms with Gasteiger partial charge in [0.25, 0.3) is 0 Å². The van der Waals surface area contributed by atoms with E-state index < -0.39 is 47.3 Å². The first-order valence-corrected chi connectivity index (χ1v) is 14.6. The number of aliphatic hydroxyl groups is 3. The number of amides is 1. The SMILES string of the molecule is CSC1O[C@H]([C@H](NC(=O)[C@H]2NCC3CC(c4cccc5cnccc45)=CCO[C@H]32)C(C)Cl)C(O)C(O)[C@H]1O. The van der Waals surface area contributed by atoms with Crippen LogP contribution in [0.3, 0.4) is 0 Å². The number of aliphatic hydroxyl groups excluding tert-OH is 3. The molecular formula is C27H34ClN3O6S. The molecule has 2 fully saturated rings. The van der Waals surface area contributed by atoms with Crippen LogP contribution in [0.25, 0.3) is 16.3 Å². The number of allylic oxidation sites excluding steroid dienone is 1. The first-order chi connectivity index (χ1) is 18.3. The van der Waals surface area contributed by atoms with E-state index in [0.717, 1.165) is 22.8 Å². The molecule has 4 heterocycles. The lowest BCUT2D eigenvalue weighted by atomic mass is 9.89. The van der Waals surface area contributed by atoms with E-state index in [2.05, 4.69) is 27.8 Å². The van der Waals surface area contributed by atoms with Gasteiger partial charge in [0.05, 0.1) is 24.1 Å². The molecule has 0 aliphatic carbocycles. The zero-order valence-corrected chi connectivity index (χ0v) is 22.8. The number of pyridine rings is 1. The number of fused-ring (bicyclic) bond motifs is 2. The monoisotopic (exact) mass is 563 g/mol. The van der Waals surface area contributed by atoms with Crippen molar-refractivity contribution in [2.24, 2.45) is 5.92 Å². The smallest absolute Gasteiger partial charge is 0.240 e. The van der Waals surface area contributed by atoms with Gasteiger partial charge in [-0.3, -0.25) is 9.78 Å². The molecule has 9 nitrogen and oxygen atoms in total. The van der Waals surface area contributed by atoms with Crippen molar-refractivity contribution in [2.75, 3.05) is 19.4 Å². The van der Waals surface area contributed by atoms with Crippen molar-refractivity contribution in [3.63, 3.8) is 0 Å². The van der Waals surface area contributed by atoms with Gasteiger partial charge in [-0.1, -0.05) is 24.3 Å². The topological polar surface area (TPSA) is 133 Å². The average Bonchev–Trinajstić information content (AvgIpc) is 3.20. The molecule has 2 saturated heterocycles. The van der Waals surface area contributed by atoms with Crippen LogP contribution >= 0.6 is 23.4 Å². The second-order valence-corrected chi connectivity index (χ2v) is 11.8. The van der Waals surface area contributed by atoms with Crippen molar-refractivity contribution in [2.45, 2.75) is 66.8 Å². The minimum Gasteiger partial charge on any atom is -0.388 e. The van der Waals surface area contributed by atoms with E-state index in [1.165, 1.54) is 17.3 Å². The Labute approximate surface area is 230 Å². The molecule has 0 spiro atoms. The third-order valence-corrected chi connectivity index (χ3v) is 8.93. The number of carbonyl (C=O) groups excluding carboxylic acids is 1. The molecule has 3 aliphatic rings. The maximum atomic E-state index is 13.5. The van der Waals surface area contributed by atoms with Crippen LogP contribution in [-0.2, 0) is 14.3 Å². The summed E-state index contributed by atoms with van der Waals surface area (Å²) in [6.07, 6.45) is 2.79. The standard InChI is InChI=1S/C27H34ClN3O6S/c1-13(28)19(25-22(33)21(32)23(34)27(37-25)38-2)31-26(35)20-24-16(12-30-20)10-14(7-9-36-24)17-5-3-4-15-11-29-8-6-18(15)17/h3-8,11,13,16,19-25,27,30,32-34H,9-10,12H2,1-2H3,(H,31,35)/t13?,16?,19-,20+,21?,22?,23-,24-,25-,27?/m1/s1. The molecule has 11 heteroatoms. The third-order valence-electron chi connectivity index (χ3n) is 7.80. The number of nitrogens with one attached hydrogen (secondary N) is 2. The number of hydrogen-bond donors (Lipinski definition) is 5. The number of hydrogen-bond acceptors (Lipinski definition) is 9. The van der Waals surface area contributed by atoms with Crippen LogP contribution in [0.15, 0.2) is 42.7 Å². The van der Waals surface area contributed by atoms with Crippen molar-refractivity contribution in [1.82, 2.24) is 15.6 Å². The summed E-state index contributed by atoms with van der Waals surface area (Å²) in [7, 11) is 0. The summed E-state index contributed by atoms with van der Waals surface area (Å²) in [6, 6.07) is 6.78. The van der Waals surface area contributed by atoms with E-state index in [1.54, 1.807) is 19.4 Å². The van der Waals surface area contributed by atoms with E-state index in [1.807, 2.05) is 24.4 Å². The van der Waals surface area contributed by atoms with Crippen molar-refractivity contribution in [3.05, 3.63) is 48.3 Å². The summed E-state index contributed by atoms with van der Waals surface area (Å²) in [6.45, 7) is 2.68. The molecule has 38 heavy (non-hydrogen) atoms. The van der Waals surface area contributed by atoms with Gasteiger partial charge in [-0.05, 0) is 42.2 Å². The summed E-state index contributed by atoms with van der Waals surface area (Å²) < 4.78 is 12.1. The molecule has 2 aromatic rings. The lowest BCUT2D eigenvalue weighted by Gasteiger charge is -2.44. The Bertz CT molecular complexity index is 1180. The Hall–Kier alpha value is -1.76. The highest BCUT2D eigenvalue weighted by atomic mass is 35.5.